The molecule has 1 aromatic rings. The summed E-state index contributed by atoms with van der Waals surface area (Å²) in [5, 5.41) is 28.8. The van der Waals surface area contributed by atoms with Crippen molar-refractivity contribution in [3.63, 3.8) is 0 Å². The molecule has 3 rings (SSSR count). The first-order valence-electron chi connectivity index (χ1n) is 14.3. The first-order valence-corrected chi connectivity index (χ1v) is 14.3. The lowest BCUT2D eigenvalue weighted by Crippen LogP contribution is -2.55. The Hall–Kier alpha value is -1.81. The molecule has 0 radical (unpaired) electrons. The van der Waals surface area contributed by atoms with Gasteiger partial charge >= 0.3 is 6.03 Å². The SMILES string of the molecule is CNC[C@H](O)[C@H](CC1CCCCC1)NC(=O)N1CCC[C@@H]([C@@](O)(CCCCOC)c2cccc(F)c2F)C1. The second-order valence-electron chi connectivity index (χ2n) is 11.2. The topological polar surface area (TPSA) is 94.1 Å². The van der Waals surface area contributed by atoms with Gasteiger partial charge in [-0.05, 0) is 57.6 Å². The fraction of sp³-hybridized carbons (Fsp3) is 0.759. The minimum Gasteiger partial charge on any atom is -0.390 e. The van der Waals surface area contributed by atoms with E-state index in [4.69, 9.17) is 4.74 Å². The molecule has 1 saturated heterocycles. The van der Waals surface area contributed by atoms with Crippen molar-refractivity contribution in [2.24, 2.45) is 11.8 Å². The molecule has 9 heteroatoms. The fourth-order valence-corrected chi connectivity index (χ4v) is 6.28. The summed E-state index contributed by atoms with van der Waals surface area (Å²) in [6.07, 6.45) is 8.55. The van der Waals surface area contributed by atoms with E-state index in [-0.39, 0.29) is 30.6 Å². The monoisotopic (exact) mass is 539 g/mol. The van der Waals surface area contributed by atoms with Crippen molar-refractivity contribution in [1.29, 1.82) is 0 Å². The lowest BCUT2D eigenvalue weighted by Gasteiger charge is -2.43. The Kier molecular flexibility index (Phi) is 12.2. The summed E-state index contributed by atoms with van der Waals surface area (Å²) < 4.78 is 34.3. The number of urea groups is 1. The van der Waals surface area contributed by atoms with E-state index in [1.54, 1.807) is 19.1 Å². The van der Waals surface area contributed by atoms with Crippen molar-refractivity contribution >= 4 is 6.03 Å². The zero-order chi connectivity index (χ0) is 27.5. The van der Waals surface area contributed by atoms with Crippen LogP contribution in [0, 0.1) is 23.5 Å². The van der Waals surface area contributed by atoms with E-state index in [1.807, 2.05) is 0 Å². The van der Waals surface area contributed by atoms with Crippen molar-refractivity contribution in [3.05, 3.63) is 35.4 Å². The Balaban J connectivity index is 1.75. The predicted octanol–water partition coefficient (Wildman–Crippen LogP) is 4.31. The van der Waals surface area contributed by atoms with Crippen molar-refractivity contribution < 1.29 is 28.5 Å². The van der Waals surface area contributed by atoms with Gasteiger partial charge in [0.1, 0.15) is 0 Å². The molecule has 4 atom stereocenters. The average Bonchev–Trinajstić information content (AvgIpc) is 2.93. The van der Waals surface area contributed by atoms with E-state index in [2.05, 4.69) is 10.6 Å². The number of aliphatic hydroxyl groups is 2. The Bertz CT molecular complexity index is 870. The molecule has 0 bridgehead atoms. The van der Waals surface area contributed by atoms with Crippen LogP contribution in [0.15, 0.2) is 18.2 Å². The molecule has 0 spiro atoms. The van der Waals surface area contributed by atoms with Crippen LogP contribution < -0.4 is 10.6 Å². The number of rotatable bonds is 13. The Morgan fingerprint density at radius 3 is 2.66 bits per heavy atom. The maximum Gasteiger partial charge on any atom is 0.317 e. The fourth-order valence-electron chi connectivity index (χ4n) is 6.28. The van der Waals surface area contributed by atoms with Crippen LogP contribution in [0.4, 0.5) is 13.6 Å². The summed E-state index contributed by atoms with van der Waals surface area (Å²) in [7, 11) is 3.38. The van der Waals surface area contributed by atoms with Gasteiger partial charge in [-0.1, -0.05) is 44.2 Å². The summed E-state index contributed by atoms with van der Waals surface area (Å²) in [4.78, 5) is 15.1. The van der Waals surface area contributed by atoms with Crippen LogP contribution in [0.3, 0.4) is 0 Å². The molecule has 1 aromatic carbocycles. The van der Waals surface area contributed by atoms with Gasteiger partial charge in [-0.15, -0.1) is 0 Å². The second kappa shape index (κ2) is 15.1. The van der Waals surface area contributed by atoms with Crippen LogP contribution in [-0.4, -0.2) is 73.7 Å². The standard InChI is InChI=1S/C29H47F2N3O4/c1-32-19-26(35)25(18-21-10-4-3-5-11-21)33-28(36)34-16-9-12-22(20-34)29(37,15-6-7-17-38-2)23-13-8-14-24(30)27(23)31/h8,13-14,21-22,25-26,32,35,37H,3-7,9-12,15-20H2,1-2H3,(H,33,36)/t22-,25+,26+,29+/m1/s1. The van der Waals surface area contributed by atoms with Gasteiger partial charge < -0.3 is 30.5 Å². The number of nitrogens with zero attached hydrogens (tertiary/aromatic N) is 1. The summed E-state index contributed by atoms with van der Waals surface area (Å²) in [6, 6.07) is 3.25. The molecule has 4 N–H and O–H groups in total. The van der Waals surface area contributed by atoms with E-state index >= 15 is 0 Å². The van der Waals surface area contributed by atoms with Crippen molar-refractivity contribution in [2.75, 3.05) is 40.4 Å². The van der Waals surface area contributed by atoms with Gasteiger partial charge in [-0.25, -0.2) is 13.6 Å². The zero-order valence-electron chi connectivity index (χ0n) is 23.1. The summed E-state index contributed by atoms with van der Waals surface area (Å²) in [5.41, 5.74) is -1.67. The Morgan fingerprint density at radius 1 is 1.18 bits per heavy atom. The van der Waals surface area contributed by atoms with Crippen LogP contribution in [0.25, 0.3) is 0 Å². The number of likely N-dealkylation sites (N-methyl/N-ethyl adjacent to an activating group) is 1. The quantitative estimate of drug-likeness (QED) is 0.280. The number of benzene rings is 1. The number of hydrogen-bond acceptors (Lipinski definition) is 5. The summed E-state index contributed by atoms with van der Waals surface area (Å²) in [6.45, 7) is 1.62. The third-order valence-electron chi connectivity index (χ3n) is 8.46. The lowest BCUT2D eigenvalue weighted by molar-refractivity contribution is -0.0593. The van der Waals surface area contributed by atoms with Crippen LogP contribution in [0.5, 0.6) is 0 Å². The number of unbranched alkanes of at least 4 members (excludes halogenated alkanes) is 1. The van der Waals surface area contributed by atoms with Crippen LogP contribution in [0.2, 0.25) is 0 Å². The van der Waals surface area contributed by atoms with Gasteiger partial charge in [-0.3, -0.25) is 0 Å². The zero-order valence-corrected chi connectivity index (χ0v) is 23.1. The molecule has 7 nitrogen and oxygen atoms in total. The molecule has 2 amide bonds. The second-order valence-corrected chi connectivity index (χ2v) is 11.2. The molecule has 1 saturated carbocycles. The highest BCUT2D eigenvalue weighted by Gasteiger charge is 2.43. The highest BCUT2D eigenvalue weighted by molar-refractivity contribution is 5.74. The number of piperidine rings is 1. The molecule has 2 aliphatic rings. The van der Waals surface area contributed by atoms with E-state index in [0.717, 1.165) is 25.3 Å². The molecular weight excluding hydrogens is 492 g/mol. The molecular formula is C29H47F2N3O4. The van der Waals surface area contributed by atoms with Gasteiger partial charge in [-0.2, -0.15) is 0 Å². The molecule has 216 valence electrons. The van der Waals surface area contributed by atoms with Crippen LogP contribution in [0.1, 0.15) is 76.2 Å². The number of amides is 2. The number of carbonyl (C=O) groups excluding carboxylic acids is 1. The van der Waals surface area contributed by atoms with Crippen molar-refractivity contribution in [3.8, 4) is 0 Å². The normalized spacial score (nSPS) is 22.1. The molecule has 1 aliphatic carbocycles. The summed E-state index contributed by atoms with van der Waals surface area (Å²) >= 11 is 0. The van der Waals surface area contributed by atoms with Gasteiger partial charge in [0, 0.05) is 44.8 Å². The van der Waals surface area contributed by atoms with E-state index in [9.17, 15) is 23.8 Å². The third kappa shape index (κ3) is 8.10. The highest BCUT2D eigenvalue weighted by Crippen LogP contribution is 2.41. The predicted molar refractivity (Wildman–Crippen MR) is 144 cm³/mol. The van der Waals surface area contributed by atoms with E-state index in [1.165, 1.54) is 31.4 Å². The number of nitrogens with one attached hydrogen (secondary N) is 2. The van der Waals surface area contributed by atoms with Crippen molar-refractivity contribution in [2.45, 2.75) is 88.4 Å². The molecule has 2 fully saturated rings. The summed E-state index contributed by atoms with van der Waals surface area (Å²) in [5.74, 6) is -2.01. The first kappa shape index (κ1) is 30.7. The molecule has 0 unspecified atom stereocenters. The Labute approximate surface area is 226 Å². The maximum atomic E-state index is 15.0. The van der Waals surface area contributed by atoms with Gasteiger partial charge in [0.25, 0.3) is 0 Å². The Morgan fingerprint density at radius 2 is 1.95 bits per heavy atom. The minimum atomic E-state index is -1.62. The largest absolute Gasteiger partial charge is 0.390 e. The number of halogens is 2. The molecule has 38 heavy (non-hydrogen) atoms. The van der Waals surface area contributed by atoms with E-state index < -0.39 is 29.3 Å². The molecule has 1 aliphatic heterocycles. The van der Waals surface area contributed by atoms with Crippen LogP contribution in [-0.2, 0) is 10.3 Å². The molecule has 0 aromatic heterocycles. The number of ether oxygens (including phenoxy) is 1. The van der Waals surface area contributed by atoms with Gasteiger partial charge in [0.2, 0.25) is 0 Å². The van der Waals surface area contributed by atoms with Crippen LogP contribution >= 0.6 is 0 Å². The van der Waals surface area contributed by atoms with Gasteiger partial charge in [0.05, 0.1) is 17.7 Å². The number of methoxy groups -OCH3 is 1. The minimum absolute atomic E-state index is 0.0539. The smallest absolute Gasteiger partial charge is 0.317 e. The molecule has 1 heterocycles. The number of hydrogen-bond donors (Lipinski definition) is 4. The van der Waals surface area contributed by atoms with E-state index in [0.29, 0.717) is 51.3 Å². The number of aliphatic hydroxyl groups excluding tert-OH is 1. The van der Waals surface area contributed by atoms with Crippen molar-refractivity contribution in [1.82, 2.24) is 15.5 Å². The van der Waals surface area contributed by atoms with Gasteiger partial charge in [0.15, 0.2) is 11.6 Å². The third-order valence-corrected chi connectivity index (χ3v) is 8.46. The highest BCUT2D eigenvalue weighted by atomic mass is 19.2. The number of likely N-dealkylation sites (tertiary alicyclic amines) is 1. The lowest BCUT2D eigenvalue weighted by atomic mass is 9.74. The average molecular weight is 540 g/mol. The number of carbonyl (C=O) groups is 1. The first-order chi connectivity index (χ1) is 18.3. The maximum absolute atomic E-state index is 15.0.